The van der Waals surface area contributed by atoms with Crippen LogP contribution in [0.5, 0.6) is 0 Å². The highest BCUT2D eigenvalue weighted by Gasteiger charge is 2.17. The van der Waals surface area contributed by atoms with E-state index in [2.05, 4.69) is 20.5 Å². The minimum absolute atomic E-state index is 0.128. The molecule has 0 saturated heterocycles. The molecule has 0 bridgehead atoms. The van der Waals surface area contributed by atoms with Gasteiger partial charge in [0.1, 0.15) is 0 Å². The van der Waals surface area contributed by atoms with Gasteiger partial charge in [-0.05, 0) is 32.9 Å². The second kappa shape index (κ2) is 5.00. The zero-order valence-corrected chi connectivity index (χ0v) is 10.7. The molecule has 2 aromatic heterocycles. The summed E-state index contributed by atoms with van der Waals surface area (Å²) in [5, 5.41) is 9.74. The predicted molar refractivity (Wildman–Crippen MR) is 68.2 cm³/mol. The Morgan fingerprint density at radius 3 is 2.72 bits per heavy atom. The molecular weight excluding hydrogens is 228 g/mol. The van der Waals surface area contributed by atoms with Crippen molar-refractivity contribution >= 4 is 5.91 Å². The van der Waals surface area contributed by atoms with Gasteiger partial charge in [-0.3, -0.25) is 14.9 Å². The van der Waals surface area contributed by atoms with Crippen molar-refractivity contribution < 1.29 is 4.79 Å². The van der Waals surface area contributed by atoms with E-state index in [0.717, 1.165) is 11.4 Å². The number of nitrogens with zero attached hydrogens (tertiary/aromatic N) is 2. The third kappa shape index (κ3) is 2.40. The van der Waals surface area contributed by atoms with Crippen molar-refractivity contribution in [3.8, 4) is 0 Å². The van der Waals surface area contributed by atoms with Gasteiger partial charge in [-0.15, -0.1) is 0 Å². The van der Waals surface area contributed by atoms with Gasteiger partial charge in [0, 0.05) is 11.9 Å². The average molecular weight is 244 g/mol. The van der Waals surface area contributed by atoms with Crippen LogP contribution < -0.4 is 5.32 Å². The SMILES string of the molecule is Cc1n[nH]c(C)c1C(=O)NC(C)c1ccccn1. The van der Waals surface area contributed by atoms with Crippen LogP contribution >= 0.6 is 0 Å². The van der Waals surface area contributed by atoms with Crippen LogP contribution in [-0.4, -0.2) is 21.1 Å². The van der Waals surface area contributed by atoms with Crippen molar-refractivity contribution in [1.29, 1.82) is 0 Å². The molecule has 0 fully saturated rings. The van der Waals surface area contributed by atoms with E-state index in [0.29, 0.717) is 11.3 Å². The number of aromatic amines is 1. The normalized spacial score (nSPS) is 12.2. The molecule has 0 aromatic carbocycles. The van der Waals surface area contributed by atoms with Gasteiger partial charge >= 0.3 is 0 Å². The zero-order chi connectivity index (χ0) is 13.1. The van der Waals surface area contributed by atoms with Crippen LogP contribution in [0.25, 0.3) is 0 Å². The van der Waals surface area contributed by atoms with Gasteiger partial charge in [0.25, 0.3) is 5.91 Å². The Morgan fingerprint density at radius 2 is 2.17 bits per heavy atom. The summed E-state index contributed by atoms with van der Waals surface area (Å²) >= 11 is 0. The highest BCUT2D eigenvalue weighted by Crippen LogP contribution is 2.13. The lowest BCUT2D eigenvalue weighted by Gasteiger charge is -2.13. The maximum atomic E-state index is 12.1. The van der Waals surface area contributed by atoms with Crippen LogP contribution in [0.1, 0.15) is 40.4 Å². The summed E-state index contributed by atoms with van der Waals surface area (Å²) in [4.78, 5) is 16.4. The first kappa shape index (κ1) is 12.3. The van der Waals surface area contributed by atoms with E-state index < -0.39 is 0 Å². The van der Waals surface area contributed by atoms with Crippen LogP contribution in [-0.2, 0) is 0 Å². The third-order valence-corrected chi connectivity index (χ3v) is 2.83. The van der Waals surface area contributed by atoms with Gasteiger partial charge in [-0.1, -0.05) is 6.07 Å². The summed E-state index contributed by atoms with van der Waals surface area (Å²) in [5.41, 5.74) is 2.93. The van der Waals surface area contributed by atoms with Crippen molar-refractivity contribution in [2.45, 2.75) is 26.8 Å². The molecule has 0 saturated carbocycles. The molecule has 0 aliphatic heterocycles. The van der Waals surface area contributed by atoms with Crippen LogP contribution in [0.15, 0.2) is 24.4 Å². The highest BCUT2D eigenvalue weighted by atomic mass is 16.1. The third-order valence-electron chi connectivity index (χ3n) is 2.83. The maximum Gasteiger partial charge on any atom is 0.255 e. The number of carbonyl (C=O) groups excluding carboxylic acids is 1. The summed E-state index contributed by atoms with van der Waals surface area (Å²) in [7, 11) is 0. The number of amides is 1. The molecule has 2 heterocycles. The Labute approximate surface area is 106 Å². The molecule has 2 aromatic rings. The van der Waals surface area contributed by atoms with Gasteiger partial charge < -0.3 is 5.32 Å². The molecule has 2 N–H and O–H groups in total. The van der Waals surface area contributed by atoms with E-state index in [-0.39, 0.29) is 11.9 Å². The van der Waals surface area contributed by atoms with E-state index in [1.54, 1.807) is 6.20 Å². The number of H-pyrrole nitrogens is 1. The van der Waals surface area contributed by atoms with Gasteiger partial charge in [-0.25, -0.2) is 0 Å². The average Bonchev–Trinajstić information content (AvgIpc) is 2.70. The standard InChI is InChI=1S/C13H16N4O/c1-8(11-6-4-5-7-14-11)15-13(18)12-9(2)16-17-10(12)3/h4-8H,1-3H3,(H,15,18)(H,16,17). The van der Waals surface area contributed by atoms with Gasteiger partial charge in [-0.2, -0.15) is 5.10 Å². The summed E-state index contributed by atoms with van der Waals surface area (Å²) in [5.74, 6) is -0.128. The summed E-state index contributed by atoms with van der Waals surface area (Å²) in [6.07, 6.45) is 1.71. The Bertz CT molecular complexity index is 528. The number of aromatic nitrogens is 3. The molecule has 0 radical (unpaired) electrons. The molecule has 0 aliphatic carbocycles. The zero-order valence-electron chi connectivity index (χ0n) is 10.7. The second-order valence-corrected chi connectivity index (χ2v) is 4.26. The number of hydrogen-bond acceptors (Lipinski definition) is 3. The lowest BCUT2D eigenvalue weighted by Crippen LogP contribution is -2.28. The van der Waals surface area contributed by atoms with Crippen molar-refractivity contribution in [3.63, 3.8) is 0 Å². The largest absolute Gasteiger partial charge is 0.344 e. The second-order valence-electron chi connectivity index (χ2n) is 4.26. The van der Waals surface area contributed by atoms with E-state index in [1.165, 1.54) is 0 Å². The quantitative estimate of drug-likeness (QED) is 0.866. The Kier molecular flexibility index (Phi) is 3.41. The fourth-order valence-corrected chi connectivity index (χ4v) is 1.86. The molecule has 0 aliphatic rings. The molecular formula is C13H16N4O. The van der Waals surface area contributed by atoms with Gasteiger partial charge in [0.05, 0.1) is 23.0 Å². The summed E-state index contributed by atoms with van der Waals surface area (Å²) < 4.78 is 0. The first-order chi connectivity index (χ1) is 8.59. The summed E-state index contributed by atoms with van der Waals surface area (Å²) in [6.45, 7) is 5.55. The van der Waals surface area contributed by atoms with Gasteiger partial charge in [0.2, 0.25) is 0 Å². The lowest BCUT2D eigenvalue weighted by atomic mass is 10.1. The minimum atomic E-state index is -0.132. The van der Waals surface area contributed by atoms with Crippen molar-refractivity contribution in [1.82, 2.24) is 20.5 Å². The first-order valence-corrected chi connectivity index (χ1v) is 5.83. The smallest absolute Gasteiger partial charge is 0.255 e. The fourth-order valence-electron chi connectivity index (χ4n) is 1.86. The van der Waals surface area contributed by atoms with E-state index in [1.807, 2.05) is 39.0 Å². The Morgan fingerprint density at radius 1 is 1.39 bits per heavy atom. The minimum Gasteiger partial charge on any atom is -0.344 e. The van der Waals surface area contributed by atoms with Crippen LogP contribution in [0.4, 0.5) is 0 Å². The number of hydrogen-bond donors (Lipinski definition) is 2. The topological polar surface area (TPSA) is 70.7 Å². The molecule has 2 rings (SSSR count). The summed E-state index contributed by atoms with van der Waals surface area (Å²) in [6, 6.07) is 5.51. The van der Waals surface area contributed by atoms with E-state index in [9.17, 15) is 4.79 Å². The fraction of sp³-hybridized carbons (Fsp3) is 0.308. The van der Waals surface area contributed by atoms with Crippen LogP contribution in [0.2, 0.25) is 0 Å². The molecule has 0 spiro atoms. The Balaban J connectivity index is 2.13. The van der Waals surface area contributed by atoms with Gasteiger partial charge in [0.15, 0.2) is 0 Å². The van der Waals surface area contributed by atoms with Crippen molar-refractivity contribution in [3.05, 3.63) is 47.0 Å². The number of nitrogens with one attached hydrogen (secondary N) is 2. The highest BCUT2D eigenvalue weighted by molar-refractivity contribution is 5.96. The molecule has 5 nitrogen and oxygen atoms in total. The number of rotatable bonds is 3. The van der Waals surface area contributed by atoms with Crippen LogP contribution in [0.3, 0.4) is 0 Å². The molecule has 1 atom stereocenters. The number of aryl methyl sites for hydroxylation is 2. The van der Waals surface area contributed by atoms with Crippen molar-refractivity contribution in [2.24, 2.45) is 0 Å². The molecule has 5 heteroatoms. The van der Waals surface area contributed by atoms with Crippen molar-refractivity contribution in [2.75, 3.05) is 0 Å². The molecule has 1 unspecified atom stereocenters. The number of pyridine rings is 1. The first-order valence-electron chi connectivity index (χ1n) is 5.83. The lowest BCUT2D eigenvalue weighted by molar-refractivity contribution is 0.0938. The predicted octanol–water partition coefficient (Wildman–Crippen LogP) is 1.91. The Hall–Kier alpha value is -2.17. The molecule has 18 heavy (non-hydrogen) atoms. The van der Waals surface area contributed by atoms with Crippen LogP contribution in [0, 0.1) is 13.8 Å². The number of carbonyl (C=O) groups is 1. The monoisotopic (exact) mass is 244 g/mol. The molecule has 1 amide bonds. The van der Waals surface area contributed by atoms with E-state index in [4.69, 9.17) is 0 Å². The van der Waals surface area contributed by atoms with E-state index >= 15 is 0 Å². The molecule has 94 valence electrons. The maximum absolute atomic E-state index is 12.1.